The molecule has 0 fully saturated rings. The average Bonchev–Trinajstić information content (AvgIpc) is 2.12. The molecule has 0 heterocycles. The van der Waals surface area contributed by atoms with Gasteiger partial charge in [0.1, 0.15) is 0 Å². The van der Waals surface area contributed by atoms with Crippen molar-refractivity contribution in [2.24, 2.45) is 5.73 Å². The van der Waals surface area contributed by atoms with Crippen molar-refractivity contribution in [3.63, 3.8) is 0 Å². The number of ether oxygens (including phenoxy) is 1. The second kappa shape index (κ2) is 5.93. The van der Waals surface area contributed by atoms with E-state index in [-0.39, 0.29) is 18.4 Å². The van der Waals surface area contributed by atoms with Crippen LogP contribution >= 0.6 is 0 Å². The maximum absolute atomic E-state index is 11.2. The molecule has 0 spiro atoms. The minimum Gasteiger partial charge on any atom is -0.380 e. The summed E-state index contributed by atoms with van der Waals surface area (Å²) in [7, 11) is 4.51. The van der Waals surface area contributed by atoms with Crippen LogP contribution in [0, 0.1) is 0 Å². The molecular formula is C7H16N2O3. The van der Waals surface area contributed by atoms with Crippen LogP contribution in [-0.4, -0.2) is 44.9 Å². The van der Waals surface area contributed by atoms with Gasteiger partial charge in [0.05, 0.1) is 19.6 Å². The highest BCUT2D eigenvalue weighted by Gasteiger charge is 2.14. The normalized spacial score (nSPS) is 12.7. The Bertz CT molecular complexity index is 137. The maximum Gasteiger partial charge on any atom is 0.248 e. The Labute approximate surface area is 72.4 Å². The van der Waals surface area contributed by atoms with Gasteiger partial charge in [-0.25, -0.2) is 5.06 Å². The number of nitrogens with two attached hydrogens (primary N) is 1. The Morgan fingerprint density at radius 1 is 1.58 bits per heavy atom. The summed E-state index contributed by atoms with van der Waals surface area (Å²) in [4.78, 5) is 15.9. The van der Waals surface area contributed by atoms with Gasteiger partial charge in [0.2, 0.25) is 5.91 Å². The molecule has 5 nitrogen and oxygen atoms in total. The molecule has 0 aliphatic heterocycles. The predicted octanol–water partition coefficient (Wildman–Crippen LogP) is -0.630. The molecule has 0 saturated heterocycles. The lowest BCUT2D eigenvalue weighted by Crippen LogP contribution is -2.33. The minimum absolute atomic E-state index is 0.144. The van der Waals surface area contributed by atoms with Crippen LogP contribution in [0.2, 0.25) is 0 Å². The van der Waals surface area contributed by atoms with Crippen molar-refractivity contribution in [1.29, 1.82) is 0 Å². The van der Waals surface area contributed by atoms with Crippen molar-refractivity contribution in [3.8, 4) is 0 Å². The van der Waals surface area contributed by atoms with Crippen molar-refractivity contribution < 1.29 is 14.4 Å². The largest absolute Gasteiger partial charge is 0.380 e. The second-order valence-electron chi connectivity index (χ2n) is 2.37. The van der Waals surface area contributed by atoms with Crippen LogP contribution in [-0.2, 0) is 14.4 Å². The zero-order valence-electron chi connectivity index (χ0n) is 7.74. The molecular weight excluding hydrogens is 160 g/mol. The van der Waals surface area contributed by atoms with Crippen LogP contribution in [0.15, 0.2) is 0 Å². The molecule has 0 rings (SSSR count). The van der Waals surface area contributed by atoms with Crippen LogP contribution in [0.3, 0.4) is 0 Å². The molecule has 5 heteroatoms. The van der Waals surface area contributed by atoms with Gasteiger partial charge in [0, 0.05) is 20.7 Å². The molecule has 0 aliphatic rings. The Hall–Kier alpha value is -0.650. The minimum atomic E-state index is -0.227. The standard InChI is InChI=1S/C7H16N2O3/c1-9(12-3)7(10)4-6(5-8)11-2/h6H,4-5,8H2,1-3H3. The second-order valence-corrected chi connectivity index (χ2v) is 2.37. The molecule has 72 valence electrons. The monoisotopic (exact) mass is 176 g/mol. The predicted molar refractivity (Wildman–Crippen MR) is 44.2 cm³/mol. The Kier molecular flexibility index (Phi) is 5.61. The molecule has 0 bridgehead atoms. The first-order chi connectivity index (χ1) is 5.65. The first-order valence-corrected chi connectivity index (χ1v) is 3.69. The zero-order chi connectivity index (χ0) is 9.56. The van der Waals surface area contributed by atoms with E-state index in [1.165, 1.54) is 14.2 Å². The molecule has 1 amide bonds. The summed E-state index contributed by atoms with van der Waals surface area (Å²) in [6, 6.07) is 0. The van der Waals surface area contributed by atoms with Crippen LogP contribution in [0.1, 0.15) is 6.42 Å². The molecule has 0 radical (unpaired) electrons. The number of nitrogens with zero attached hydrogens (tertiary/aromatic N) is 1. The molecule has 0 aromatic rings. The fourth-order valence-corrected chi connectivity index (χ4v) is 0.688. The van der Waals surface area contributed by atoms with Gasteiger partial charge in [-0.1, -0.05) is 0 Å². The van der Waals surface area contributed by atoms with Gasteiger partial charge < -0.3 is 10.5 Å². The SMILES string of the molecule is COC(CN)CC(=O)N(C)OC. The highest BCUT2D eigenvalue weighted by Crippen LogP contribution is 1.98. The van der Waals surface area contributed by atoms with Gasteiger partial charge in [-0.05, 0) is 0 Å². The Balaban J connectivity index is 3.81. The van der Waals surface area contributed by atoms with Gasteiger partial charge in [0.25, 0.3) is 0 Å². The summed E-state index contributed by atoms with van der Waals surface area (Å²) in [5, 5.41) is 1.15. The summed E-state index contributed by atoms with van der Waals surface area (Å²) >= 11 is 0. The van der Waals surface area contributed by atoms with Crippen molar-refractivity contribution in [3.05, 3.63) is 0 Å². The van der Waals surface area contributed by atoms with Gasteiger partial charge in [-0.2, -0.15) is 0 Å². The molecule has 0 aliphatic carbocycles. The maximum atomic E-state index is 11.2. The first kappa shape index (κ1) is 11.4. The van der Waals surface area contributed by atoms with Crippen molar-refractivity contribution >= 4 is 5.91 Å². The lowest BCUT2D eigenvalue weighted by molar-refractivity contribution is -0.170. The van der Waals surface area contributed by atoms with E-state index in [2.05, 4.69) is 4.84 Å². The summed E-state index contributed by atoms with van der Waals surface area (Å²) in [6.07, 6.45) is 0.0206. The number of carbonyl (C=O) groups is 1. The first-order valence-electron chi connectivity index (χ1n) is 3.69. The average molecular weight is 176 g/mol. The van der Waals surface area contributed by atoms with E-state index in [1.807, 2.05) is 0 Å². The van der Waals surface area contributed by atoms with Crippen molar-refractivity contribution in [2.45, 2.75) is 12.5 Å². The van der Waals surface area contributed by atoms with E-state index in [9.17, 15) is 4.79 Å². The lowest BCUT2D eigenvalue weighted by Gasteiger charge is -2.17. The molecule has 1 atom stereocenters. The van der Waals surface area contributed by atoms with E-state index in [0.29, 0.717) is 6.54 Å². The summed E-state index contributed by atoms with van der Waals surface area (Å²) in [5.74, 6) is -0.144. The molecule has 12 heavy (non-hydrogen) atoms. The van der Waals surface area contributed by atoms with E-state index in [1.54, 1.807) is 7.05 Å². The number of amides is 1. The topological polar surface area (TPSA) is 64.8 Å². The quantitative estimate of drug-likeness (QED) is 0.566. The van der Waals surface area contributed by atoms with Crippen LogP contribution < -0.4 is 5.73 Å². The number of rotatable bonds is 5. The number of hydroxylamine groups is 2. The number of hydrogen-bond acceptors (Lipinski definition) is 4. The van der Waals surface area contributed by atoms with Crippen molar-refractivity contribution in [2.75, 3.05) is 27.8 Å². The molecule has 0 aromatic carbocycles. The van der Waals surface area contributed by atoms with E-state index in [0.717, 1.165) is 5.06 Å². The lowest BCUT2D eigenvalue weighted by atomic mass is 10.2. The Morgan fingerprint density at radius 2 is 2.17 bits per heavy atom. The van der Waals surface area contributed by atoms with Crippen molar-refractivity contribution in [1.82, 2.24) is 5.06 Å². The van der Waals surface area contributed by atoms with E-state index < -0.39 is 0 Å². The van der Waals surface area contributed by atoms with Gasteiger partial charge in [-0.15, -0.1) is 0 Å². The highest BCUT2D eigenvalue weighted by atomic mass is 16.7. The van der Waals surface area contributed by atoms with E-state index >= 15 is 0 Å². The van der Waals surface area contributed by atoms with E-state index in [4.69, 9.17) is 10.5 Å². The van der Waals surface area contributed by atoms with Crippen LogP contribution in [0.25, 0.3) is 0 Å². The zero-order valence-corrected chi connectivity index (χ0v) is 7.74. The van der Waals surface area contributed by atoms with Gasteiger partial charge in [0.15, 0.2) is 0 Å². The van der Waals surface area contributed by atoms with Crippen LogP contribution in [0.5, 0.6) is 0 Å². The van der Waals surface area contributed by atoms with Crippen LogP contribution in [0.4, 0.5) is 0 Å². The number of hydrogen-bond donors (Lipinski definition) is 1. The van der Waals surface area contributed by atoms with Gasteiger partial charge in [-0.3, -0.25) is 9.63 Å². The third-order valence-corrected chi connectivity index (χ3v) is 1.62. The highest BCUT2D eigenvalue weighted by molar-refractivity contribution is 5.75. The van der Waals surface area contributed by atoms with Gasteiger partial charge >= 0.3 is 0 Å². The summed E-state index contributed by atoms with van der Waals surface area (Å²) in [5.41, 5.74) is 5.34. The third-order valence-electron chi connectivity index (χ3n) is 1.62. The third kappa shape index (κ3) is 3.66. The molecule has 0 aromatic heterocycles. The molecule has 1 unspecified atom stereocenters. The number of methoxy groups -OCH3 is 1. The fraction of sp³-hybridized carbons (Fsp3) is 0.857. The fourth-order valence-electron chi connectivity index (χ4n) is 0.688. The summed E-state index contributed by atoms with van der Waals surface area (Å²) in [6.45, 7) is 0.333. The Morgan fingerprint density at radius 3 is 2.50 bits per heavy atom. The molecule has 2 N–H and O–H groups in total. The summed E-state index contributed by atoms with van der Waals surface area (Å²) < 4.78 is 4.94. The molecule has 0 saturated carbocycles. The number of carbonyl (C=O) groups excluding carboxylic acids is 1. The smallest absolute Gasteiger partial charge is 0.248 e.